The molecule has 7 heavy (non-hydrogen) atoms. The first-order valence-corrected chi connectivity index (χ1v) is 3.61. The van der Waals surface area contributed by atoms with Gasteiger partial charge in [-0.15, -0.1) is 0 Å². The van der Waals surface area contributed by atoms with E-state index in [1.807, 2.05) is 19.0 Å². The van der Waals surface area contributed by atoms with Crippen molar-refractivity contribution in [3.05, 3.63) is 0 Å². The van der Waals surface area contributed by atoms with Crippen molar-refractivity contribution >= 4 is 27.9 Å². The predicted molar refractivity (Wildman–Crippen MR) is 30.3 cm³/mol. The van der Waals surface area contributed by atoms with Crippen LogP contribution in [0.2, 0.25) is 0 Å². The molecule has 38 valence electrons. The molecule has 0 aliphatic rings. The summed E-state index contributed by atoms with van der Waals surface area (Å²) in [5, 5.41) is 8.74. The summed E-state index contributed by atoms with van der Waals surface area (Å²) >= 11 is 0.881. The first kappa shape index (κ1) is 7.92. The molecular weight excluding hydrogens is 101 g/mol. The minimum absolute atomic E-state index is 0.0602. The van der Waals surface area contributed by atoms with Crippen LogP contribution < -0.4 is 0 Å². The summed E-state index contributed by atoms with van der Waals surface area (Å²) in [5.41, 5.74) is 0. The standard InChI is InChI=1S/C4H10NO.Na/c1-5(2)3-4-6;/h4,6H,3H2,1-2H3;. The molecule has 2 nitrogen and oxygen atoms in total. The summed E-state index contributed by atoms with van der Waals surface area (Å²) in [6.07, 6.45) is 0. The quantitative estimate of drug-likeness (QED) is 0.464. The molecule has 1 N–H and O–H groups in total. The fourth-order valence-electron chi connectivity index (χ4n) is 0.528. The number of aliphatic hydroxyl groups excluding tert-OH is 1. The molecule has 1 atom stereocenters. The summed E-state index contributed by atoms with van der Waals surface area (Å²) in [7, 11) is 3.92. The summed E-state index contributed by atoms with van der Waals surface area (Å²) in [5.74, 6) is 0. The fraction of sp³-hybridized carbons (Fsp3) is 1.00. The van der Waals surface area contributed by atoms with E-state index >= 15 is 0 Å². The van der Waals surface area contributed by atoms with Gasteiger partial charge >= 0.3 is 61.9 Å². The molecular formula is C4H10NNaO. The molecule has 0 amide bonds. The van der Waals surface area contributed by atoms with E-state index in [-0.39, 0.29) is 3.35 Å². The van der Waals surface area contributed by atoms with Gasteiger partial charge in [0.2, 0.25) is 0 Å². The molecule has 0 aromatic carbocycles. The van der Waals surface area contributed by atoms with Crippen LogP contribution in [0.4, 0.5) is 0 Å². The van der Waals surface area contributed by atoms with Crippen LogP contribution in [0.25, 0.3) is 0 Å². The van der Waals surface area contributed by atoms with Gasteiger partial charge in [-0.25, -0.2) is 0 Å². The van der Waals surface area contributed by atoms with E-state index in [9.17, 15) is 0 Å². The first-order chi connectivity index (χ1) is 3.13. The Morgan fingerprint density at radius 1 is 1.71 bits per heavy atom. The Labute approximate surface area is 61.9 Å². The maximum atomic E-state index is 8.74. The number of hydrogen-bond acceptors (Lipinski definition) is 2. The third kappa shape index (κ3) is 6.92. The SMILES string of the molecule is CN(C)C[CH](O)[Na]. The van der Waals surface area contributed by atoms with Crippen molar-refractivity contribution in [2.75, 3.05) is 20.6 Å². The van der Waals surface area contributed by atoms with Gasteiger partial charge in [0.1, 0.15) is 0 Å². The molecule has 0 aliphatic heterocycles. The van der Waals surface area contributed by atoms with E-state index in [4.69, 9.17) is 5.11 Å². The second-order valence-corrected chi connectivity index (χ2v) is 3.44. The van der Waals surface area contributed by atoms with Gasteiger partial charge in [-0.3, -0.25) is 0 Å². The zero-order valence-corrected chi connectivity index (χ0v) is 7.18. The van der Waals surface area contributed by atoms with Crippen LogP contribution in [-0.4, -0.2) is 61.9 Å². The number of nitrogens with zero attached hydrogens (tertiary/aromatic N) is 1. The molecule has 0 aromatic rings. The second kappa shape index (κ2) is 3.87. The molecule has 0 bridgehead atoms. The molecule has 0 fully saturated rings. The van der Waals surface area contributed by atoms with Gasteiger partial charge in [0.15, 0.2) is 0 Å². The molecule has 1 unspecified atom stereocenters. The first-order valence-electron chi connectivity index (χ1n) is 2.45. The third-order valence-corrected chi connectivity index (χ3v) is 0.995. The van der Waals surface area contributed by atoms with E-state index in [1.165, 1.54) is 0 Å². The van der Waals surface area contributed by atoms with Crippen LogP contribution in [0.3, 0.4) is 0 Å². The van der Waals surface area contributed by atoms with E-state index < -0.39 is 0 Å². The molecule has 0 radical (unpaired) electrons. The van der Waals surface area contributed by atoms with Crippen LogP contribution in [0, 0.1) is 0 Å². The Bertz CT molecular complexity index is 41.0. The van der Waals surface area contributed by atoms with Crippen molar-refractivity contribution in [1.29, 1.82) is 0 Å². The summed E-state index contributed by atoms with van der Waals surface area (Å²) in [6.45, 7) is 0.812. The van der Waals surface area contributed by atoms with Crippen LogP contribution in [0.15, 0.2) is 0 Å². The van der Waals surface area contributed by atoms with Crippen LogP contribution in [0.5, 0.6) is 0 Å². The zero-order valence-electron chi connectivity index (χ0n) is 5.18. The van der Waals surface area contributed by atoms with Crippen molar-refractivity contribution in [1.82, 2.24) is 4.90 Å². The summed E-state index contributed by atoms with van der Waals surface area (Å²) < 4.78 is -0.0602. The minimum atomic E-state index is -0.0602. The van der Waals surface area contributed by atoms with E-state index in [0.29, 0.717) is 0 Å². The van der Waals surface area contributed by atoms with Crippen molar-refractivity contribution in [2.24, 2.45) is 0 Å². The van der Waals surface area contributed by atoms with Gasteiger partial charge in [-0.1, -0.05) is 0 Å². The van der Waals surface area contributed by atoms with Gasteiger partial charge < -0.3 is 0 Å². The van der Waals surface area contributed by atoms with Crippen LogP contribution >= 0.6 is 0 Å². The molecule has 0 rings (SSSR count). The van der Waals surface area contributed by atoms with Crippen molar-refractivity contribution in [2.45, 2.75) is 3.35 Å². The summed E-state index contributed by atoms with van der Waals surface area (Å²) in [6, 6.07) is 0. The van der Waals surface area contributed by atoms with E-state index in [2.05, 4.69) is 0 Å². The number of rotatable bonds is 2. The average molecular weight is 111 g/mol. The van der Waals surface area contributed by atoms with Gasteiger partial charge in [0.05, 0.1) is 0 Å². The van der Waals surface area contributed by atoms with Crippen molar-refractivity contribution in [3.8, 4) is 0 Å². The Balaban J connectivity index is 2.95. The normalized spacial score (nSPS) is 15.1. The Morgan fingerprint density at radius 3 is 2.14 bits per heavy atom. The second-order valence-electron chi connectivity index (χ2n) is 2.11. The average Bonchev–Trinajstić information content (AvgIpc) is 1.27. The molecule has 0 heterocycles. The Kier molecular flexibility index (Phi) is 4.37. The topological polar surface area (TPSA) is 23.5 Å². The van der Waals surface area contributed by atoms with Gasteiger partial charge in [-0.2, -0.15) is 0 Å². The molecule has 0 spiro atoms. The monoisotopic (exact) mass is 111 g/mol. The number of hydrogen-bond donors (Lipinski definition) is 1. The molecule has 3 heteroatoms. The van der Waals surface area contributed by atoms with Crippen molar-refractivity contribution in [3.63, 3.8) is 0 Å². The van der Waals surface area contributed by atoms with Gasteiger partial charge in [0.25, 0.3) is 0 Å². The van der Waals surface area contributed by atoms with Gasteiger partial charge in [0, 0.05) is 0 Å². The zero-order chi connectivity index (χ0) is 5.86. The third-order valence-electron chi connectivity index (χ3n) is 0.629. The summed E-state index contributed by atoms with van der Waals surface area (Å²) in [4.78, 5) is 1.98. The molecule has 0 saturated heterocycles. The molecule has 0 aliphatic carbocycles. The maximum absolute atomic E-state index is 8.74. The molecule has 0 saturated carbocycles. The Morgan fingerprint density at radius 2 is 2.14 bits per heavy atom. The van der Waals surface area contributed by atoms with Crippen molar-refractivity contribution < 1.29 is 5.11 Å². The number of aliphatic hydroxyl groups is 1. The van der Waals surface area contributed by atoms with E-state index in [0.717, 1.165) is 34.5 Å². The van der Waals surface area contributed by atoms with E-state index in [1.54, 1.807) is 0 Å². The number of likely N-dealkylation sites (N-methyl/N-ethyl adjacent to an activating group) is 1. The van der Waals surface area contributed by atoms with Gasteiger partial charge in [-0.05, 0) is 0 Å². The predicted octanol–water partition coefficient (Wildman–Crippen LogP) is -0.965. The fourth-order valence-corrected chi connectivity index (χ4v) is 1.26. The van der Waals surface area contributed by atoms with Crippen LogP contribution in [-0.2, 0) is 0 Å². The Hall–Kier alpha value is 0.920. The molecule has 0 aromatic heterocycles. The van der Waals surface area contributed by atoms with Crippen LogP contribution in [0.1, 0.15) is 0 Å².